The molecule has 0 aromatic carbocycles. The molecule has 0 aliphatic carbocycles. The Morgan fingerprint density at radius 2 is 2.05 bits per heavy atom. The Bertz CT molecular complexity index is 379. The Hall–Kier alpha value is -0.750. The van der Waals surface area contributed by atoms with Gasteiger partial charge in [0.1, 0.15) is 0 Å². The summed E-state index contributed by atoms with van der Waals surface area (Å²) in [7, 11) is 0. The average molecular weight is 306 g/mol. The molecule has 0 fully saturated rings. The molecule has 1 rings (SSSR count). The third-order valence-corrected chi connectivity index (χ3v) is 4.03. The molecule has 1 aromatic heterocycles. The Labute approximate surface area is 122 Å². The predicted molar refractivity (Wildman–Crippen MR) is 77.0 cm³/mol. The molecule has 0 aliphatic rings. The van der Waals surface area contributed by atoms with Gasteiger partial charge in [0.2, 0.25) is 0 Å². The molecule has 2 nitrogen and oxygen atoms in total. The van der Waals surface area contributed by atoms with Crippen LogP contribution in [0.1, 0.15) is 38.7 Å². The Morgan fingerprint density at radius 1 is 1.30 bits per heavy atom. The summed E-state index contributed by atoms with van der Waals surface area (Å²) in [5, 5.41) is 4.05. The van der Waals surface area contributed by atoms with E-state index >= 15 is 0 Å². The first-order valence-electron chi connectivity index (χ1n) is 6.86. The van der Waals surface area contributed by atoms with E-state index in [1.807, 2.05) is 0 Å². The van der Waals surface area contributed by atoms with Gasteiger partial charge in [-0.1, -0.05) is 13.8 Å². The number of aromatic nitrogens is 1. The fourth-order valence-electron chi connectivity index (χ4n) is 1.88. The maximum atomic E-state index is 12.4. The van der Waals surface area contributed by atoms with Crippen LogP contribution in [-0.4, -0.2) is 23.3 Å². The van der Waals surface area contributed by atoms with E-state index in [4.69, 9.17) is 0 Å². The maximum Gasteiger partial charge on any atom is 0.417 e. The molecule has 0 bridgehead atoms. The first kappa shape index (κ1) is 17.3. The second-order valence-corrected chi connectivity index (χ2v) is 5.65. The second-order valence-electron chi connectivity index (χ2n) is 4.54. The number of alkyl halides is 3. The lowest BCUT2D eigenvalue weighted by atomic mass is 10.1. The van der Waals surface area contributed by atoms with Crippen LogP contribution < -0.4 is 5.32 Å². The lowest BCUT2D eigenvalue weighted by molar-refractivity contribution is -0.137. The van der Waals surface area contributed by atoms with E-state index in [1.165, 1.54) is 17.8 Å². The van der Waals surface area contributed by atoms with Gasteiger partial charge < -0.3 is 5.32 Å². The number of hydrogen-bond acceptors (Lipinski definition) is 3. The highest BCUT2D eigenvalue weighted by molar-refractivity contribution is 7.99. The van der Waals surface area contributed by atoms with Gasteiger partial charge in [-0.15, -0.1) is 11.8 Å². The van der Waals surface area contributed by atoms with Crippen molar-refractivity contribution < 1.29 is 13.2 Å². The number of thioether (sulfide) groups is 1. The minimum Gasteiger partial charge on any atom is -0.314 e. The molecule has 0 aliphatic heterocycles. The van der Waals surface area contributed by atoms with Gasteiger partial charge in [0.05, 0.1) is 10.6 Å². The second kappa shape index (κ2) is 8.52. The average Bonchev–Trinajstić information content (AvgIpc) is 2.42. The topological polar surface area (TPSA) is 24.9 Å². The van der Waals surface area contributed by atoms with Crippen LogP contribution in [0, 0.1) is 0 Å². The molecular weight excluding hydrogens is 285 g/mol. The fraction of sp³-hybridized carbons (Fsp3) is 0.643. The van der Waals surface area contributed by atoms with Gasteiger partial charge in [0.25, 0.3) is 0 Å². The monoisotopic (exact) mass is 306 g/mol. The summed E-state index contributed by atoms with van der Waals surface area (Å²) in [6.45, 7) is 5.20. The van der Waals surface area contributed by atoms with Crippen molar-refractivity contribution >= 4 is 11.8 Å². The molecule has 1 atom stereocenters. The summed E-state index contributed by atoms with van der Waals surface area (Å²) in [6, 6.07) is 3.05. The van der Waals surface area contributed by atoms with Crippen molar-refractivity contribution in [3.8, 4) is 0 Å². The minimum atomic E-state index is -4.31. The zero-order valence-corrected chi connectivity index (χ0v) is 12.7. The molecule has 1 aromatic rings. The van der Waals surface area contributed by atoms with Gasteiger partial charge >= 0.3 is 6.18 Å². The standard InChI is InChI=1S/C14H21F3N2S/c1-3-12(18-4-2)6-5-9-20-13-8-7-11(10-19-13)14(15,16)17/h7-8,10,12,18H,3-6,9H2,1-2H3. The number of hydrogen-bond donors (Lipinski definition) is 1. The lowest BCUT2D eigenvalue weighted by Crippen LogP contribution is -2.28. The predicted octanol–water partition coefficient (Wildman–Crippen LogP) is 4.36. The Kier molecular flexibility index (Phi) is 7.37. The highest BCUT2D eigenvalue weighted by atomic mass is 32.2. The van der Waals surface area contributed by atoms with Crippen LogP contribution in [-0.2, 0) is 6.18 Å². The number of rotatable bonds is 8. The Balaban J connectivity index is 2.32. The number of pyridine rings is 1. The summed E-state index contributed by atoms with van der Waals surface area (Å²) in [4.78, 5) is 3.85. The zero-order valence-electron chi connectivity index (χ0n) is 11.8. The molecular formula is C14H21F3N2S. The summed E-state index contributed by atoms with van der Waals surface area (Å²) in [5.74, 6) is 0.875. The van der Waals surface area contributed by atoms with Crippen molar-refractivity contribution in [1.82, 2.24) is 10.3 Å². The molecule has 1 heterocycles. The largest absolute Gasteiger partial charge is 0.417 e. The quantitative estimate of drug-likeness (QED) is 0.570. The van der Waals surface area contributed by atoms with Crippen LogP contribution >= 0.6 is 11.8 Å². The van der Waals surface area contributed by atoms with Gasteiger partial charge in [-0.3, -0.25) is 0 Å². The molecule has 20 heavy (non-hydrogen) atoms. The van der Waals surface area contributed by atoms with Crippen molar-refractivity contribution in [2.75, 3.05) is 12.3 Å². The normalized spacial score (nSPS) is 13.4. The molecule has 0 radical (unpaired) electrons. The summed E-state index contributed by atoms with van der Waals surface area (Å²) < 4.78 is 37.1. The van der Waals surface area contributed by atoms with Crippen LogP contribution in [0.15, 0.2) is 23.4 Å². The van der Waals surface area contributed by atoms with Crippen LogP contribution in [0.4, 0.5) is 13.2 Å². The third-order valence-electron chi connectivity index (χ3n) is 3.00. The number of nitrogens with one attached hydrogen (secondary N) is 1. The number of halogens is 3. The first-order valence-corrected chi connectivity index (χ1v) is 7.85. The zero-order chi connectivity index (χ0) is 15.0. The van der Waals surface area contributed by atoms with E-state index in [1.54, 1.807) is 0 Å². The smallest absolute Gasteiger partial charge is 0.314 e. The van der Waals surface area contributed by atoms with Crippen LogP contribution in [0.5, 0.6) is 0 Å². The van der Waals surface area contributed by atoms with Gasteiger partial charge in [0.15, 0.2) is 0 Å². The number of nitrogens with zero attached hydrogens (tertiary/aromatic N) is 1. The van der Waals surface area contributed by atoms with E-state index in [0.717, 1.165) is 43.8 Å². The maximum absolute atomic E-state index is 12.4. The first-order chi connectivity index (χ1) is 9.47. The van der Waals surface area contributed by atoms with Gasteiger partial charge in [-0.2, -0.15) is 13.2 Å². The van der Waals surface area contributed by atoms with Crippen molar-refractivity contribution in [1.29, 1.82) is 0 Å². The molecule has 0 amide bonds. The van der Waals surface area contributed by atoms with Gasteiger partial charge in [-0.25, -0.2) is 4.98 Å². The molecule has 114 valence electrons. The fourth-order valence-corrected chi connectivity index (χ4v) is 2.69. The van der Waals surface area contributed by atoms with Crippen LogP contribution in [0.3, 0.4) is 0 Å². The molecule has 0 saturated heterocycles. The summed E-state index contributed by atoms with van der Waals surface area (Å²) in [6.07, 6.45) is -0.208. The third kappa shape index (κ3) is 6.13. The molecule has 6 heteroatoms. The van der Waals surface area contributed by atoms with Gasteiger partial charge in [0, 0.05) is 12.2 Å². The van der Waals surface area contributed by atoms with Crippen molar-refractivity contribution in [3.05, 3.63) is 23.9 Å². The SMILES string of the molecule is CCNC(CC)CCCSc1ccc(C(F)(F)F)cn1. The van der Waals surface area contributed by atoms with Crippen molar-refractivity contribution in [2.24, 2.45) is 0 Å². The Morgan fingerprint density at radius 3 is 2.55 bits per heavy atom. The molecule has 0 saturated carbocycles. The van der Waals surface area contributed by atoms with E-state index in [0.29, 0.717) is 11.1 Å². The summed E-state index contributed by atoms with van der Waals surface area (Å²) in [5.41, 5.74) is -0.694. The van der Waals surface area contributed by atoms with E-state index in [9.17, 15) is 13.2 Å². The lowest BCUT2D eigenvalue weighted by Gasteiger charge is -2.15. The van der Waals surface area contributed by atoms with Crippen LogP contribution in [0.2, 0.25) is 0 Å². The highest BCUT2D eigenvalue weighted by Gasteiger charge is 2.30. The van der Waals surface area contributed by atoms with E-state index in [-0.39, 0.29) is 0 Å². The van der Waals surface area contributed by atoms with Crippen LogP contribution in [0.25, 0.3) is 0 Å². The van der Waals surface area contributed by atoms with Gasteiger partial charge in [-0.05, 0) is 43.7 Å². The van der Waals surface area contributed by atoms with Crippen molar-refractivity contribution in [2.45, 2.75) is 50.4 Å². The summed E-state index contributed by atoms with van der Waals surface area (Å²) >= 11 is 1.50. The molecule has 1 N–H and O–H groups in total. The molecule has 1 unspecified atom stereocenters. The highest BCUT2D eigenvalue weighted by Crippen LogP contribution is 2.29. The minimum absolute atomic E-state index is 0.529. The van der Waals surface area contributed by atoms with E-state index < -0.39 is 11.7 Å². The molecule has 0 spiro atoms. The van der Waals surface area contributed by atoms with Crippen molar-refractivity contribution in [3.63, 3.8) is 0 Å². The van der Waals surface area contributed by atoms with E-state index in [2.05, 4.69) is 24.1 Å².